The molecule has 8 nitrogen and oxygen atoms in total. The van der Waals surface area contributed by atoms with Crippen molar-refractivity contribution >= 4 is 23.3 Å². The Morgan fingerprint density at radius 1 is 1.18 bits per heavy atom. The van der Waals surface area contributed by atoms with E-state index in [1.165, 1.54) is 12.1 Å². The number of benzene rings is 2. The summed E-state index contributed by atoms with van der Waals surface area (Å²) in [7, 11) is 0. The fraction of sp³-hybridized carbons (Fsp3) is 0.417. The number of para-hydroxylation sites is 1. The van der Waals surface area contributed by atoms with E-state index >= 15 is 0 Å². The summed E-state index contributed by atoms with van der Waals surface area (Å²) in [4.78, 5) is 24.5. The molecule has 0 unspecified atom stereocenters. The lowest BCUT2D eigenvalue weighted by molar-refractivity contribution is -0.142. The highest BCUT2D eigenvalue weighted by Crippen LogP contribution is 2.47. The van der Waals surface area contributed by atoms with Gasteiger partial charge in [-0.2, -0.15) is 0 Å². The molecule has 9 heteroatoms. The van der Waals surface area contributed by atoms with Crippen LogP contribution in [-0.2, 0) is 9.53 Å². The number of carbonyl (C=O) groups excluding carboxylic acids is 2. The molecule has 1 fully saturated rings. The number of urea groups is 1. The molecule has 3 amide bonds. The highest BCUT2D eigenvalue weighted by Gasteiger charge is 2.46. The topological polar surface area (TPSA) is 109 Å². The zero-order valence-corrected chi connectivity index (χ0v) is 18.3. The quantitative estimate of drug-likeness (QED) is 0.510. The molecule has 176 valence electrons. The van der Waals surface area contributed by atoms with E-state index in [9.17, 15) is 19.1 Å². The summed E-state index contributed by atoms with van der Waals surface area (Å²) >= 11 is 0. The standard InChI is InChI=1S/C24H28FN3O5/c1-2-9-26-22(30)12-15-11-17-16-10-14(7-8-20(16)33-23(17)21(13-29)32-15)27-24(31)28-19-6-4-3-5-18(19)25/h3-8,10,15,17,21,23,29H,2,9,11-13H2,1H3,(H,26,30)(H2,27,28,31)/t15-,17+,21+,23-/m1/s1. The van der Waals surface area contributed by atoms with Crippen molar-refractivity contribution in [3.05, 3.63) is 53.8 Å². The summed E-state index contributed by atoms with van der Waals surface area (Å²) in [6.07, 6.45) is 0.332. The SMILES string of the molecule is CCCNC(=O)C[C@H]1C[C@H]2c3cc(NC(=O)Nc4ccccc4F)ccc3O[C@H]2[C@H](CO)O1. The van der Waals surface area contributed by atoms with Gasteiger partial charge in [0.05, 0.1) is 24.8 Å². The molecule has 0 aromatic heterocycles. The minimum Gasteiger partial charge on any atom is -0.487 e. The molecule has 1 saturated heterocycles. The average Bonchev–Trinajstić information content (AvgIpc) is 3.16. The van der Waals surface area contributed by atoms with Crippen LogP contribution in [0.1, 0.15) is 37.7 Å². The molecule has 2 aliphatic rings. The van der Waals surface area contributed by atoms with Gasteiger partial charge in [-0.3, -0.25) is 4.79 Å². The maximum absolute atomic E-state index is 13.8. The monoisotopic (exact) mass is 457 g/mol. The Morgan fingerprint density at radius 3 is 2.76 bits per heavy atom. The normalized spacial score (nSPS) is 23.1. The molecule has 4 rings (SSSR count). The van der Waals surface area contributed by atoms with E-state index in [-0.39, 0.29) is 42.7 Å². The van der Waals surface area contributed by atoms with Gasteiger partial charge in [-0.15, -0.1) is 0 Å². The lowest BCUT2D eigenvalue weighted by atomic mass is 9.84. The minimum atomic E-state index is -0.568. The molecule has 2 aromatic carbocycles. The smallest absolute Gasteiger partial charge is 0.323 e. The van der Waals surface area contributed by atoms with Crippen molar-refractivity contribution in [1.82, 2.24) is 5.32 Å². The first-order valence-corrected chi connectivity index (χ1v) is 11.1. The number of fused-ring (bicyclic) bond motifs is 3. The zero-order valence-electron chi connectivity index (χ0n) is 18.3. The van der Waals surface area contributed by atoms with Crippen LogP contribution in [0.5, 0.6) is 5.75 Å². The van der Waals surface area contributed by atoms with E-state index < -0.39 is 18.0 Å². The second kappa shape index (κ2) is 10.2. The lowest BCUT2D eigenvalue weighted by Crippen LogP contribution is -2.47. The Kier molecular flexibility index (Phi) is 7.10. The highest BCUT2D eigenvalue weighted by atomic mass is 19.1. The number of ether oxygens (including phenoxy) is 2. The number of aliphatic hydroxyl groups excluding tert-OH is 1. The van der Waals surface area contributed by atoms with Crippen molar-refractivity contribution in [3.63, 3.8) is 0 Å². The second-order valence-corrected chi connectivity index (χ2v) is 8.27. The molecule has 2 aliphatic heterocycles. The van der Waals surface area contributed by atoms with Gasteiger partial charge in [-0.05, 0) is 43.2 Å². The van der Waals surface area contributed by atoms with Gasteiger partial charge in [-0.25, -0.2) is 9.18 Å². The molecular formula is C24H28FN3O5. The highest BCUT2D eigenvalue weighted by molar-refractivity contribution is 5.99. The van der Waals surface area contributed by atoms with Gasteiger partial charge in [-0.1, -0.05) is 19.1 Å². The van der Waals surface area contributed by atoms with E-state index in [1.807, 2.05) is 13.0 Å². The molecule has 0 bridgehead atoms. The zero-order chi connectivity index (χ0) is 23.4. The van der Waals surface area contributed by atoms with Crippen molar-refractivity contribution in [2.75, 3.05) is 23.8 Å². The average molecular weight is 458 g/mol. The van der Waals surface area contributed by atoms with Crippen LogP contribution in [0.25, 0.3) is 0 Å². The first-order chi connectivity index (χ1) is 16.0. The maximum Gasteiger partial charge on any atom is 0.323 e. The summed E-state index contributed by atoms with van der Waals surface area (Å²) in [6, 6.07) is 10.6. The van der Waals surface area contributed by atoms with Crippen LogP contribution in [0, 0.1) is 5.82 Å². The van der Waals surface area contributed by atoms with E-state index in [0.29, 0.717) is 24.4 Å². The third kappa shape index (κ3) is 5.26. The van der Waals surface area contributed by atoms with Gasteiger partial charge in [0.15, 0.2) is 0 Å². The maximum atomic E-state index is 13.8. The van der Waals surface area contributed by atoms with Crippen molar-refractivity contribution in [2.24, 2.45) is 0 Å². The molecule has 0 radical (unpaired) electrons. The van der Waals surface area contributed by atoms with E-state index in [0.717, 1.165) is 12.0 Å². The van der Waals surface area contributed by atoms with Crippen LogP contribution in [0.3, 0.4) is 0 Å². The third-order valence-electron chi connectivity index (χ3n) is 5.86. The van der Waals surface area contributed by atoms with Crippen LogP contribution in [0.4, 0.5) is 20.6 Å². The van der Waals surface area contributed by atoms with Crippen molar-refractivity contribution in [2.45, 2.75) is 50.4 Å². The van der Waals surface area contributed by atoms with E-state index in [2.05, 4.69) is 16.0 Å². The summed E-state index contributed by atoms with van der Waals surface area (Å²) < 4.78 is 25.8. The predicted molar refractivity (Wildman–Crippen MR) is 121 cm³/mol. The molecular weight excluding hydrogens is 429 g/mol. The van der Waals surface area contributed by atoms with Crippen LogP contribution in [0.15, 0.2) is 42.5 Å². The molecule has 4 N–H and O–H groups in total. The molecule has 0 aliphatic carbocycles. The van der Waals surface area contributed by atoms with Crippen LogP contribution in [0.2, 0.25) is 0 Å². The summed E-state index contributed by atoms with van der Waals surface area (Å²) in [6.45, 7) is 2.37. The first-order valence-electron chi connectivity index (χ1n) is 11.1. The van der Waals surface area contributed by atoms with Gasteiger partial charge in [0.25, 0.3) is 0 Å². The van der Waals surface area contributed by atoms with Crippen molar-refractivity contribution < 1.29 is 28.6 Å². The number of hydrogen-bond acceptors (Lipinski definition) is 5. The van der Waals surface area contributed by atoms with E-state index in [4.69, 9.17) is 9.47 Å². The molecule has 0 saturated carbocycles. The third-order valence-corrected chi connectivity index (χ3v) is 5.86. The number of anilines is 2. The number of aliphatic hydroxyl groups is 1. The fourth-order valence-corrected chi connectivity index (χ4v) is 4.36. The minimum absolute atomic E-state index is 0.0824. The van der Waals surface area contributed by atoms with Crippen LogP contribution < -0.4 is 20.7 Å². The van der Waals surface area contributed by atoms with E-state index in [1.54, 1.807) is 24.3 Å². The largest absolute Gasteiger partial charge is 0.487 e. The van der Waals surface area contributed by atoms with Crippen LogP contribution in [-0.4, -0.2) is 48.5 Å². The van der Waals surface area contributed by atoms with Gasteiger partial charge in [0.1, 0.15) is 23.8 Å². The Bertz CT molecular complexity index is 1020. The van der Waals surface area contributed by atoms with Gasteiger partial charge in [0.2, 0.25) is 5.91 Å². The summed E-state index contributed by atoms with van der Waals surface area (Å²) in [5.41, 5.74) is 1.49. The summed E-state index contributed by atoms with van der Waals surface area (Å²) in [5.74, 6) is -0.0464. The molecule has 0 spiro atoms. The molecule has 2 heterocycles. The summed E-state index contributed by atoms with van der Waals surface area (Å²) in [5, 5.41) is 17.9. The lowest BCUT2D eigenvalue weighted by Gasteiger charge is -2.37. The van der Waals surface area contributed by atoms with Gasteiger partial charge in [0, 0.05) is 23.7 Å². The number of carbonyl (C=O) groups is 2. The molecule has 33 heavy (non-hydrogen) atoms. The Balaban J connectivity index is 1.46. The predicted octanol–water partition coefficient (Wildman–Crippen LogP) is 3.38. The number of halogens is 1. The Morgan fingerprint density at radius 2 is 2.00 bits per heavy atom. The van der Waals surface area contributed by atoms with Gasteiger partial charge >= 0.3 is 6.03 Å². The fourth-order valence-electron chi connectivity index (χ4n) is 4.36. The number of amides is 3. The Hall–Kier alpha value is -3.17. The second-order valence-electron chi connectivity index (χ2n) is 8.27. The van der Waals surface area contributed by atoms with Gasteiger partial charge < -0.3 is 30.5 Å². The number of rotatable bonds is 7. The molecule has 4 atom stereocenters. The first kappa shape index (κ1) is 23.0. The number of nitrogens with one attached hydrogen (secondary N) is 3. The molecule has 2 aromatic rings. The number of hydrogen-bond donors (Lipinski definition) is 4. The van der Waals surface area contributed by atoms with Crippen molar-refractivity contribution in [3.8, 4) is 5.75 Å². The Labute approximate surface area is 191 Å². The van der Waals surface area contributed by atoms with Crippen LogP contribution >= 0.6 is 0 Å². The van der Waals surface area contributed by atoms with Crippen molar-refractivity contribution in [1.29, 1.82) is 0 Å².